The Morgan fingerprint density at radius 2 is 1.59 bits per heavy atom. The highest BCUT2D eigenvalue weighted by atomic mass is 16.4. The van der Waals surface area contributed by atoms with Crippen molar-refractivity contribution >= 4 is 12.0 Å². The lowest BCUT2D eigenvalue weighted by Crippen LogP contribution is -2.51. The van der Waals surface area contributed by atoms with E-state index in [9.17, 15) is 9.59 Å². The Kier molecular flexibility index (Phi) is 7.34. The van der Waals surface area contributed by atoms with Crippen LogP contribution in [0.15, 0.2) is 0 Å². The molecule has 0 bridgehead atoms. The molecule has 0 aromatic rings. The van der Waals surface area contributed by atoms with Crippen molar-refractivity contribution < 1.29 is 14.7 Å². The third-order valence-corrected chi connectivity index (χ3v) is 3.09. The van der Waals surface area contributed by atoms with Gasteiger partial charge in [-0.25, -0.2) is 9.59 Å². The largest absolute Gasteiger partial charge is 0.480 e. The van der Waals surface area contributed by atoms with E-state index in [1.807, 2.05) is 27.7 Å². The molecule has 0 saturated carbocycles. The van der Waals surface area contributed by atoms with Gasteiger partial charge in [0.15, 0.2) is 0 Å². The predicted molar refractivity (Wildman–Crippen MR) is 66.9 cm³/mol. The summed E-state index contributed by atoms with van der Waals surface area (Å²) in [5.41, 5.74) is 0. The Morgan fingerprint density at radius 3 is 1.94 bits per heavy atom. The molecule has 0 saturated heterocycles. The molecule has 5 heteroatoms. The third kappa shape index (κ3) is 5.56. The molecule has 0 heterocycles. The van der Waals surface area contributed by atoms with Crippen molar-refractivity contribution in [3.63, 3.8) is 0 Å². The number of rotatable bonds is 7. The monoisotopic (exact) mass is 244 g/mol. The lowest BCUT2D eigenvalue weighted by molar-refractivity contribution is -0.140. The number of carboxylic acid groups (broad SMARTS) is 1. The van der Waals surface area contributed by atoms with Crippen molar-refractivity contribution in [3.05, 3.63) is 0 Å². The third-order valence-electron chi connectivity index (χ3n) is 3.09. The predicted octanol–water partition coefficient (Wildman–Crippen LogP) is 1.97. The SMILES string of the molecule is CCC(CC)NC(=O)N[C@H](C(=O)O)[C@@H](C)CC. The van der Waals surface area contributed by atoms with Crippen LogP contribution in [0.1, 0.15) is 47.0 Å². The minimum atomic E-state index is -0.987. The van der Waals surface area contributed by atoms with Crippen LogP contribution in [0.25, 0.3) is 0 Å². The lowest BCUT2D eigenvalue weighted by atomic mass is 9.99. The fraction of sp³-hybridized carbons (Fsp3) is 0.833. The van der Waals surface area contributed by atoms with Gasteiger partial charge in [0.2, 0.25) is 0 Å². The fourth-order valence-corrected chi connectivity index (χ4v) is 1.54. The van der Waals surface area contributed by atoms with Crippen LogP contribution in [0, 0.1) is 5.92 Å². The molecule has 0 aliphatic heterocycles. The minimum absolute atomic E-state index is 0.0834. The van der Waals surface area contributed by atoms with Crippen LogP contribution in [0.2, 0.25) is 0 Å². The first-order valence-electron chi connectivity index (χ1n) is 6.25. The van der Waals surface area contributed by atoms with Crippen molar-refractivity contribution in [1.29, 1.82) is 0 Å². The molecular formula is C12H24N2O3. The molecule has 0 spiro atoms. The van der Waals surface area contributed by atoms with Gasteiger partial charge in [-0.1, -0.05) is 34.1 Å². The Bertz CT molecular complexity index is 252. The summed E-state index contributed by atoms with van der Waals surface area (Å²) in [6, 6.07) is -1.12. The second-order valence-electron chi connectivity index (χ2n) is 4.33. The average molecular weight is 244 g/mol. The molecule has 0 aliphatic carbocycles. The lowest BCUT2D eigenvalue weighted by Gasteiger charge is -2.22. The Hall–Kier alpha value is -1.26. The normalized spacial score (nSPS) is 14.2. The number of urea groups is 1. The van der Waals surface area contributed by atoms with Crippen LogP contribution >= 0.6 is 0 Å². The van der Waals surface area contributed by atoms with Gasteiger partial charge in [0.25, 0.3) is 0 Å². The van der Waals surface area contributed by atoms with Gasteiger partial charge in [-0.3, -0.25) is 0 Å². The van der Waals surface area contributed by atoms with Gasteiger partial charge in [0, 0.05) is 6.04 Å². The number of carbonyl (C=O) groups excluding carboxylic acids is 1. The molecular weight excluding hydrogens is 220 g/mol. The minimum Gasteiger partial charge on any atom is -0.480 e. The van der Waals surface area contributed by atoms with Crippen molar-refractivity contribution in [1.82, 2.24) is 10.6 Å². The van der Waals surface area contributed by atoms with Gasteiger partial charge >= 0.3 is 12.0 Å². The molecule has 2 atom stereocenters. The van der Waals surface area contributed by atoms with Crippen LogP contribution in [-0.2, 0) is 4.79 Å². The van der Waals surface area contributed by atoms with E-state index in [2.05, 4.69) is 10.6 Å². The Balaban J connectivity index is 4.36. The van der Waals surface area contributed by atoms with E-state index < -0.39 is 18.0 Å². The van der Waals surface area contributed by atoms with Crippen LogP contribution in [0.3, 0.4) is 0 Å². The summed E-state index contributed by atoms with van der Waals surface area (Å²) in [6.07, 6.45) is 2.39. The van der Waals surface area contributed by atoms with Crippen LogP contribution < -0.4 is 10.6 Å². The highest BCUT2D eigenvalue weighted by Crippen LogP contribution is 2.08. The number of hydrogen-bond donors (Lipinski definition) is 3. The highest BCUT2D eigenvalue weighted by molar-refractivity contribution is 5.82. The van der Waals surface area contributed by atoms with E-state index in [1.54, 1.807) is 0 Å². The van der Waals surface area contributed by atoms with E-state index in [0.717, 1.165) is 12.8 Å². The molecule has 2 amide bonds. The van der Waals surface area contributed by atoms with Crippen LogP contribution in [0.4, 0.5) is 4.79 Å². The number of nitrogens with one attached hydrogen (secondary N) is 2. The number of aliphatic carboxylic acids is 1. The first kappa shape index (κ1) is 15.7. The van der Waals surface area contributed by atoms with Gasteiger partial charge in [-0.15, -0.1) is 0 Å². The maximum Gasteiger partial charge on any atom is 0.326 e. The summed E-state index contributed by atoms with van der Waals surface area (Å²) in [4.78, 5) is 22.6. The molecule has 0 unspecified atom stereocenters. The molecule has 0 rings (SSSR count). The van der Waals surface area contributed by atoms with Crippen molar-refractivity contribution in [3.8, 4) is 0 Å². The molecule has 0 aromatic heterocycles. The van der Waals surface area contributed by atoms with Gasteiger partial charge < -0.3 is 15.7 Å². The standard InChI is InChI=1S/C12H24N2O3/c1-5-8(4)10(11(15)16)14-12(17)13-9(6-2)7-3/h8-10H,5-7H2,1-4H3,(H,15,16)(H2,13,14,17)/t8-,10-/m0/s1. The van der Waals surface area contributed by atoms with Gasteiger partial charge in [0.1, 0.15) is 6.04 Å². The zero-order chi connectivity index (χ0) is 13.4. The van der Waals surface area contributed by atoms with Gasteiger partial charge in [0.05, 0.1) is 0 Å². The maximum atomic E-state index is 11.6. The smallest absolute Gasteiger partial charge is 0.326 e. The van der Waals surface area contributed by atoms with E-state index >= 15 is 0 Å². The quantitative estimate of drug-likeness (QED) is 0.640. The van der Waals surface area contributed by atoms with Gasteiger partial charge in [-0.2, -0.15) is 0 Å². The van der Waals surface area contributed by atoms with Crippen molar-refractivity contribution in [2.24, 2.45) is 5.92 Å². The van der Waals surface area contributed by atoms with E-state index in [4.69, 9.17) is 5.11 Å². The van der Waals surface area contributed by atoms with E-state index in [1.165, 1.54) is 0 Å². The molecule has 5 nitrogen and oxygen atoms in total. The zero-order valence-electron chi connectivity index (χ0n) is 11.1. The molecule has 0 fully saturated rings. The summed E-state index contributed by atoms with van der Waals surface area (Å²) in [7, 11) is 0. The summed E-state index contributed by atoms with van der Waals surface area (Å²) in [5.74, 6) is -1.07. The fourth-order valence-electron chi connectivity index (χ4n) is 1.54. The van der Waals surface area contributed by atoms with E-state index in [0.29, 0.717) is 6.42 Å². The van der Waals surface area contributed by atoms with Crippen LogP contribution in [0.5, 0.6) is 0 Å². The first-order chi connectivity index (χ1) is 7.96. The summed E-state index contributed by atoms with van der Waals surface area (Å²) in [6.45, 7) is 7.69. The molecule has 0 radical (unpaired) electrons. The molecule has 0 aromatic carbocycles. The first-order valence-corrected chi connectivity index (χ1v) is 6.25. The molecule has 17 heavy (non-hydrogen) atoms. The zero-order valence-corrected chi connectivity index (χ0v) is 11.1. The summed E-state index contributed by atoms with van der Waals surface area (Å²) in [5, 5.41) is 14.3. The molecule has 0 aliphatic rings. The number of amides is 2. The summed E-state index contributed by atoms with van der Waals surface area (Å²) >= 11 is 0. The Morgan fingerprint density at radius 1 is 1.06 bits per heavy atom. The number of carbonyl (C=O) groups is 2. The second-order valence-corrected chi connectivity index (χ2v) is 4.33. The average Bonchev–Trinajstić information content (AvgIpc) is 2.31. The van der Waals surface area contributed by atoms with Crippen molar-refractivity contribution in [2.75, 3.05) is 0 Å². The summed E-state index contributed by atoms with van der Waals surface area (Å²) < 4.78 is 0. The van der Waals surface area contributed by atoms with Gasteiger partial charge in [-0.05, 0) is 18.8 Å². The Labute approximate surface area is 103 Å². The van der Waals surface area contributed by atoms with Crippen LogP contribution in [-0.4, -0.2) is 29.2 Å². The van der Waals surface area contributed by atoms with E-state index in [-0.39, 0.29) is 12.0 Å². The number of carboxylic acids is 1. The molecule has 3 N–H and O–H groups in total. The van der Waals surface area contributed by atoms with Crippen molar-refractivity contribution in [2.45, 2.75) is 59.0 Å². The molecule has 100 valence electrons. The maximum absolute atomic E-state index is 11.6. The topological polar surface area (TPSA) is 78.4 Å². The number of hydrogen-bond acceptors (Lipinski definition) is 2. The highest BCUT2D eigenvalue weighted by Gasteiger charge is 2.25. The second kappa shape index (κ2) is 7.92.